The fourth-order valence-corrected chi connectivity index (χ4v) is 15.6. The SMILES string of the molecule is CC(=O)C1=CC[C@H]2[C@@H]3CC[C@@H]4C[C@](C)(O)CC[C@@H]4[C@H]3CC[C@]12C.CC(=O)[C@@]1(Br)CC[C@H]2[C@@H]3CC[C@@H]4C[C@](C)(O)CC[C@@H]4[C@H]3CC[C@@]21C.[2H][B].[U]. The standard InChI is InChI=1S/C21H33BrO2.C21H32O2.BH.U/c1-13(23)21(22)11-8-18-17-5-4-14-12-19(2,24)9-6-15(14)16(17)7-10-20(18,21)3;1-13(22)18-6-7-19-17-5-4-14-12-20(2,23)10-8-15(14)16(17)9-11-21(18,19)3;;/h14-18,24H,4-12H2,1-3H3;6,14-17,19,23H,4-5,7-12H2,1-3H3;1H;/t14-,15+,16-,17-,18+,19-,20+,21+;14-,15+,16-,17-,19+,20-,21-;;/m11../s1/i;;1D;. The number of hydrogen-bond donors (Lipinski definition) is 2. The number of aliphatic hydroxyl groups is 2. The van der Waals surface area contributed by atoms with Gasteiger partial charge in [0.05, 0.1) is 15.5 Å². The third-order valence-electron chi connectivity index (χ3n) is 17.1. The summed E-state index contributed by atoms with van der Waals surface area (Å²) in [6.07, 6.45) is 22.3. The minimum atomic E-state index is -0.426. The fraction of sp³-hybridized carbons (Fsp3) is 0.905. The summed E-state index contributed by atoms with van der Waals surface area (Å²) < 4.78 is 4.97. The Morgan fingerprint density at radius 2 is 1.18 bits per heavy atom. The number of alkyl halides is 1. The zero-order valence-corrected chi connectivity index (χ0v) is 37.3. The van der Waals surface area contributed by atoms with Crippen LogP contribution in [0.3, 0.4) is 0 Å². The van der Waals surface area contributed by atoms with Gasteiger partial charge in [-0.25, -0.2) is 0 Å². The molecule has 0 bridgehead atoms. The van der Waals surface area contributed by atoms with Gasteiger partial charge in [0.15, 0.2) is 5.78 Å². The summed E-state index contributed by atoms with van der Waals surface area (Å²) in [5.74, 6) is 8.51. The molecule has 0 aromatic carbocycles. The van der Waals surface area contributed by atoms with E-state index in [1.54, 1.807) is 13.8 Å². The summed E-state index contributed by atoms with van der Waals surface area (Å²) >= 11 is 3.93. The summed E-state index contributed by atoms with van der Waals surface area (Å²) in [5, 5.41) is 20.9. The van der Waals surface area contributed by atoms with Crippen LogP contribution in [0.25, 0.3) is 0 Å². The van der Waals surface area contributed by atoms with Crippen molar-refractivity contribution in [2.75, 3.05) is 0 Å². The molecule has 2 N–H and O–H groups in total. The number of allylic oxidation sites excluding steroid dienone is 2. The van der Waals surface area contributed by atoms with Crippen LogP contribution in [0.5, 0.6) is 0 Å². The van der Waals surface area contributed by atoms with Crippen molar-refractivity contribution in [1.29, 1.82) is 1.34 Å². The van der Waals surface area contributed by atoms with E-state index in [1.807, 2.05) is 13.8 Å². The average molecular weight is 965 g/mol. The molecule has 0 saturated heterocycles. The second-order valence-corrected chi connectivity index (χ2v) is 20.9. The fourth-order valence-electron chi connectivity index (χ4n) is 14.8. The molecule has 15 atom stereocenters. The molecule has 272 valence electrons. The van der Waals surface area contributed by atoms with Crippen molar-refractivity contribution in [1.82, 2.24) is 0 Å². The first-order valence-corrected chi connectivity index (χ1v) is 20.7. The van der Waals surface area contributed by atoms with Crippen molar-refractivity contribution in [3.05, 3.63) is 11.6 Å². The van der Waals surface area contributed by atoms with Gasteiger partial charge in [-0.1, -0.05) is 35.9 Å². The molecule has 0 heterocycles. The van der Waals surface area contributed by atoms with E-state index in [9.17, 15) is 19.8 Å². The van der Waals surface area contributed by atoms with Crippen molar-refractivity contribution < 1.29 is 50.9 Å². The first-order valence-electron chi connectivity index (χ1n) is 20.4. The maximum absolute atomic E-state index is 12.4. The van der Waals surface area contributed by atoms with Crippen LogP contribution in [0.2, 0.25) is 0 Å². The number of halogens is 1. The molecule has 7 saturated carbocycles. The number of Topliss-reactive ketones (excluding diaryl/α,β-unsaturated/α-hetero) is 2. The molecule has 4 nitrogen and oxygen atoms in total. The van der Waals surface area contributed by atoms with Crippen molar-refractivity contribution in [3.63, 3.8) is 0 Å². The van der Waals surface area contributed by atoms with Crippen LogP contribution in [-0.2, 0) is 9.59 Å². The second-order valence-electron chi connectivity index (χ2n) is 19.6. The van der Waals surface area contributed by atoms with Crippen molar-refractivity contribution in [2.24, 2.45) is 70.0 Å². The van der Waals surface area contributed by atoms with Crippen LogP contribution < -0.4 is 0 Å². The van der Waals surface area contributed by atoms with E-state index in [1.165, 1.54) is 70.6 Å². The van der Waals surface area contributed by atoms with Crippen LogP contribution in [0.15, 0.2) is 11.6 Å². The van der Waals surface area contributed by atoms with E-state index in [0.29, 0.717) is 23.4 Å². The van der Waals surface area contributed by atoms with Gasteiger partial charge in [-0.2, -0.15) is 0 Å². The summed E-state index contributed by atoms with van der Waals surface area (Å²) in [6.45, 7) is 12.4. The molecular weight excluding hydrogens is 897 g/mol. The number of carbonyl (C=O) groups is 2. The molecule has 8 rings (SSSR count). The van der Waals surface area contributed by atoms with Gasteiger partial charge in [0.1, 0.15) is 5.78 Å². The second kappa shape index (κ2) is 14.3. The van der Waals surface area contributed by atoms with E-state index in [-0.39, 0.29) is 46.3 Å². The van der Waals surface area contributed by atoms with Gasteiger partial charge in [0.25, 0.3) is 0 Å². The van der Waals surface area contributed by atoms with Crippen LogP contribution in [0.4, 0.5) is 0 Å². The summed E-state index contributed by atoms with van der Waals surface area (Å²) in [4.78, 5) is 24.5. The molecule has 0 aliphatic heterocycles. The van der Waals surface area contributed by atoms with E-state index >= 15 is 0 Å². The quantitative estimate of drug-likeness (QED) is 0.214. The molecule has 0 aromatic heterocycles. The Morgan fingerprint density at radius 1 is 0.694 bits per heavy atom. The van der Waals surface area contributed by atoms with E-state index in [4.69, 9.17) is 1.34 Å². The molecule has 49 heavy (non-hydrogen) atoms. The average Bonchev–Trinajstić information content (AvgIpc) is 3.55. The number of ketones is 2. The Morgan fingerprint density at radius 3 is 1.69 bits per heavy atom. The summed E-state index contributed by atoms with van der Waals surface area (Å²) in [6, 6.07) is 0. The summed E-state index contributed by atoms with van der Waals surface area (Å²) in [5.41, 5.74) is 0.583. The van der Waals surface area contributed by atoms with Gasteiger partial charge >= 0.3 is 0 Å². The van der Waals surface area contributed by atoms with Gasteiger partial charge in [-0.3, -0.25) is 9.59 Å². The smallest absolute Gasteiger partial charge is 0.156 e. The van der Waals surface area contributed by atoms with Crippen LogP contribution >= 0.6 is 15.9 Å². The number of fused-ring (bicyclic) bond motifs is 10. The Balaban J connectivity index is 0.000000182. The molecule has 0 unspecified atom stereocenters. The Kier molecular flexibility index (Phi) is 11.5. The molecule has 2 radical (unpaired) electrons. The number of hydrogen-bond acceptors (Lipinski definition) is 4. The largest absolute Gasteiger partial charge is 0.390 e. The molecule has 0 aromatic rings. The molecular formula is C42H66BBrO4U. The molecule has 7 heteroatoms. The van der Waals surface area contributed by atoms with Gasteiger partial charge in [0, 0.05) is 39.5 Å². The molecule has 8 aliphatic rings. The molecule has 0 spiro atoms. The van der Waals surface area contributed by atoms with Crippen molar-refractivity contribution in [2.45, 2.75) is 166 Å². The maximum atomic E-state index is 12.4. The van der Waals surface area contributed by atoms with Gasteiger partial charge in [-0.05, 0) is 214 Å². The third kappa shape index (κ3) is 6.80. The zero-order chi connectivity index (χ0) is 35.7. The maximum Gasteiger partial charge on any atom is 0.156 e. The topological polar surface area (TPSA) is 74.6 Å². The first-order chi connectivity index (χ1) is 23.0. The first kappa shape index (κ1) is 39.3. The molecule has 0 amide bonds. The van der Waals surface area contributed by atoms with Crippen LogP contribution in [0, 0.1) is 101 Å². The van der Waals surface area contributed by atoms with Crippen LogP contribution in [0.1, 0.15) is 151 Å². The number of rotatable bonds is 2. The third-order valence-corrected chi connectivity index (χ3v) is 18.9. The van der Waals surface area contributed by atoms with Crippen molar-refractivity contribution >= 4 is 35.9 Å². The number of carbonyl (C=O) groups excluding carboxylic acids is 2. The molecule has 8 aliphatic carbocycles. The minimum absolute atomic E-state index is 0. The molecule has 7 fully saturated rings. The van der Waals surface area contributed by atoms with Gasteiger partial charge < -0.3 is 10.2 Å². The minimum Gasteiger partial charge on any atom is -0.390 e. The summed E-state index contributed by atoms with van der Waals surface area (Å²) in [7, 11) is 3.75. The van der Waals surface area contributed by atoms with E-state index in [0.717, 1.165) is 91.4 Å². The Hall–Kier alpha value is 0.597. The zero-order valence-electron chi connectivity index (χ0n) is 32.5. The Labute approximate surface area is 333 Å². The van der Waals surface area contributed by atoms with Gasteiger partial charge in [-0.15, -0.1) is 0 Å². The van der Waals surface area contributed by atoms with E-state index < -0.39 is 11.2 Å². The Bertz CT molecular complexity index is 1310. The van der Waals surface area contributed by atoms with E-state index in [2.05, 4.69) is 44.2 Å². The predicted molar refractivity (Wildman–Crippen MR) is 199 cm³/mol. The van der Waals surface area contributed by atoms with Gasteiger partial charge in [0.2, 0.25) is 0 Å². The normalized spacial score (nSPS) is 52.5. The predicted octanol–water partition coefficient (Wildman–Crippen LogP) is 8.98. The van der Waals surface area contributed by atoms with Crippen LogP contribution in [-0.4, -0.2) is 47.0 Å². The monoisotopic (exact) mass is 963 g/mol. The van der Waals surface area contributed by atoms with Crippen molar-refractivity contribution in [3.8, 4) is 0 Å².